The number of ether oxygens (including phenoxy) is 2. The lowest BCUT2D eigenvalue weighted by Crippen LogP contribution is -2.31. The Morgan fingerprint density at radius 3 is 2.74 bits per heavy atom. The SMILES string of the molecule is NC1CCC(OCC2CCOc3ccccc32)CC1. The number of fused-ring (bicyclic) bond motifs is 1. The van der Waals surface area contributed by atoms with Crippen LogP contribution in [0.25, 0.3) is 0 Å². The van der Waals surface area contributed by atoms with Crippen LogP contribution in [0.4, 0.5) is 0 Å². The fraction of sp³-hybridized carbons (Fsp3) is 0.625. The van der Waals surface area contributed by atoms with Gasteiger partial charge in [0.2, 0.25) is 0 Å². The van der Waals surface area contributed by atoms with E-state index in [-0.39, 0.29) is 0 Å². The van der Waals surface area contributed by atoms with Gasteiger partial charge in [-0.05, 0) is 43.7 Å². The minimum atomic E-state index is 0.392. The topological polar surface area (TPSA) is 44.5 Å². The summed E-state index contributed by atoms with van der Waals surface area (Å²) in [6, 6.07) is 8.73. The third-order valence-corrected chi connectivity index (χ3v) is 4.33. The summed E-state index contributed by atoms with van der Waals surface area (Å²) in [5, 5.41) is 0. The van der Waals surface area contributed by atoms with Crippen LogP contribution in [0.2, 0.25) is 0 Å². The average Bonchev–Trinajstić information content (AvgIpc) is 2.47. The van der Waals surface area contributed by atoms with Crippen molar-refractivity contribution in [3.63, 3.8) is 0 Å². The maximum absolute atomic E-state index is 6.12. The molecule has 0 spiro atoms. The quantitative estimate of drug-likeness (QED) is 0.910. The number of rotatable bonds is 3. The fourth-order valence-corrected chi connectivity index (χ4v) is 3.10. The van der Waals surface area contributed by atoms with Crippen molar-refractivity contribution in [3.05, 3.63) is 29.8 Å². The molecule has 3 nitrogen and oxygen atoms in total. The zero-order chi connectivity index (χ0) is 13.1. The highest BCUT2D eigenvalue weighted by atomic mass is 16.5. The second kappa shape index (κ2) is 5.93. The maximum Gasteiger partial charge on any atom is 0.122 e. The second-order valence-corrected chi connectivity index (χ2v) is 5.74. The lowest BCUT2D eigenvalue weighted by molar-refractivity contribution is 0.0120. The lowest BCUT2D eigenvalue weighted by atomic mass is 9.92. The molecule has 3 heteroatoms. The lowest BCUT2D eigenvalue weighted by Gasteiger charge is -2.30. The van der Waals surface area contributed by atoms with Crippen LogP contribution in [-0.2, 0) is 4.74 Å². The molecule has 19 heavy (non-hydrogen) atoms. The van der Waals surface area contributed by atoms with Gasteiger partial charge in [0.05, 0.1) is 19.3 Å². The average molecular weight is 261 g/mol. The Hall–Kier alpha value is -1.06. The van der Waals surface area contributed by atoms with Gasteiger partial charge in [-0.3, -0.25) is 0 Å². The molecule has 104 valence electrons. The summed E-state index contributed by atoms with van der Waals surface area (Å²) < 4.78 is 11.8. The van der Waals surface area contributed by atoms with Crippen LogP contribution in [0.5, 0.6) is 5.75 Å². The van der Waals surface area contributed by atoms with Crippen LogP contribution in [0.3, 0.4) is 0 Å². The summed E-state index contributed by atoms with van der Waals surface area (Å²) in [6.07, 6.45) is 5.92. The van der Waals surface area contributed by atoms with Crippen molar-refractivity contribution in [2.45, 2.75) is 50.2 Å². The van der Waals surface area contributed by atoms with Crippen molar-refractivity contribution in [3.8, 4) is 5.75 Å². The van der Waals surface area contributed by atoms with Gasteiger partial charge in [-0.25, -0.2) is 0 Å². The molecule has 1 unspecified atom stereocenters. The number of hydrogen-bond acceptors (Lipinski definition) is 3. The van der Waals surface area contributed by atoms with E-state index in [0.29, 0.717) is 18.1 Å². The van der Waals surface area contributed by atoms with Gasteiger partial charge in [0, 0.05) is 12.0 Å². The first-order chi connectivity index (χ1) is 9.33. The van der Waals surface area contributed by atoms with E-state index in [9.17, 15) is 0 Å². The first kappa shape index (κ1) is 12.9. The molecule has 1 aliphatic heterocycles. The first-order valence-corrected chi connectivity index (χ1v) is 7.42. The smallest absolute Gasteiger partial charge is 0.122 e. The Labute approximate surface area is 115 Å². The molecule has 1 saturated carbocycles. The summed E-state index contributed by atoms with van der Waals surface area (Å²) in [5.74, 6) is 1.52. The molecule has 0 radical (unpaired) electrons. The molecule has 3 rings (SSSR count). The van der Waals surface area contributed by atoms with Crippen molar-refractivity contribution >= 4 is 0 Å². The molecule has 1 aromatic rings. The summed E-state index contributed by atoms with van der Waals surface area (Å²) in [4.78, 5) is 0. The molecule has 1 aliphatic carbocycles. The van der Waals surface area contributed by atoms with Gasteiger partial charge in [0.1, 0.15) is 5.75 Å². The van der Waals surface area contributed by atoms with E-state index >= 15 is 0 Å². The van der Waals surface area contributed by atoms with Crippen LogP contribution >= 0.6 is 0 Å². The molecule has 1 atom stereocenters. The molecule has 0 bridgehead atoms. The Kier molecular flexibility index (Phi) is 4.04. The minimum absolute atomic E-state index is 0.392. The van der Waals surface area contributed by atoms with Crippen molar-refractivity contribution in [1.82, 2.24) is 0 Å². The van der Waals surface area contributed by atoms with Crippen molar-refractivity contribution in [1.29, 1.82) is 0 Å². The standard InChI is InChI=1S/C16H23NO2/c17-13-5-7-14(8-6-13)19-11-12-9-10-18-16-4-2-1-3-15(12)16/h1-4,12-14H,5-11,17H2. The number of nitrogens with two attached hydrogens (primary N) is 1. The highest BCUT2D eigenvalue weighted by molar-refractivity contribution is 5.37. The third kappa shape index (κ3) is 3.10. The molecule has 0 amide bonds. The van der Waals surface area contributed by atoms with Crippen molar-refractivity contribution < 1.29 is 9.47 Å². The van der Waals surface area contributed by atoms with Gasteiger partial charge in [-0.2, -0.15) is 0 Å². The van der Waals surface area contributed by atoms with E-state index < -0.39 is 0 Å². The van der Waals surface area contributed by atoms with Gasteiger partial charge in [0.25, 0.3) is 0 Å². The molecular formula is C16H23NO2. The predicted molar refractivity (Wildman–Crippen MR) is 75.5 cm³/mol. The van der Waals surface area contributed by atoms with Gasteiger partial charge in [-0.1, -0.05) is 18.2 Å². The largest absolute Gasteiger partial charge is 0.493 e. The van der Waals surface area contributed by atoms with E-state index in [1.54, 1.807) is 0 Å². The van der Waals surface area contributed by atoms with E-state index in [1.165, 1.54) is 5.56 Å². The summed E-state index contributed by atoms with van der Waals surface area (Å²) in [6.45, 7) is 1.63. The highest BCUT2D eigenvalue weighted by Crippen LogP contribution is 2.34. The predicted octanol–water partition coefficient (Wildman–Crippen LogP) is 2.84. The molecule has 0 saturated heterocycles. The van der Waals surface area contributed by atoms with Crippen LogP contribution in [-0.4, -0.2) is 25.4 Å². The van der Waals surface area contributed by atoms with Gasteiger partial charge in [0.15, 0.2) is 0 Å². The van der Waals surface area contributed by atoms with Crippen LogP contribution in [0.15, 0.2) is 24.3 Å². The Morgan fingerprint density at radius 2 is 1.89 bits per heavy atom. The van der Waals surface area contributed by atoms with Gasteiger partial charge >= 0.3 is 0 Å². The Balaban J connectivity index is 1.56. The Morgan fingerprint density at radius 1 is 1.11 bits per heavy atom. The maximum atomic E-state index is 6.12. The van der Waals surface area contributed by atoms with E-state index in [4.69, 9.17) is 15.2 Å². The molecular weight excluding hydrogens is 238 g/mol. The number of para-hydroxylation sites is 1. The number of benzene rings is 1. The van der Waals surface area contributed by atoms with Crippen molar-refractivity contribution in [2.24, 2.45) is 5.73 Å². The van der Waals surface area contributed by atoms with Crippen molar-refractivity contribution in [2.75, 3.05) is 13.2 Å². The molecule has 0 aromatic heterocycles. The minimum Gasteiger partial charge on any atom is -0.493 e. The molecule has 1 aromatic carbocycles. The van der Waals surface area contributed by atoms with Gasteiger partial charge < -0.3 is 15.2 Å². The van der Waals surface area contributed by atoms with Crippen LogP contribution < -0.4 is 10.5 Å². The first-order valence-electron chi connectivity index (χ1n) is 7.42. The highest BCUT2D eigenvalue weighted by Gasteiger charge is 2.24. The second-order valence-electron chi connectivity index (χ2n) is 5.74. The zero-order valence-corrected chi connectivity index (χ0v) is 11.4. The third-order valence-electron chi connectivity index (χ3n) is 4.33. The number of hydrogen-bond donors (Lipinski definition) is 1. The van der Waals surface area contributed by atoms with Crippen LogP contribution in [0, 0.1) is 0 Å². The monoisotopic (exact) mass is 261 g/mol. The van der Waals surface area contributed by atoms with E-state index in [1.807, 2.05) is 6.07 Å². The van der Waals surface area contributed by atoms with Crippen LogP contribution in [0.1, 0.15) is 43.6 Å². The summed E-state index contributed by atoms with van der Waals surface area (Å²) in [7, 11) is 0. The van der Waals surface area contributed by atoms with E-state index in [2.05, 4.69) is 18.2 Å². The molecule has 1 heterocycles. The summed E-state index contributed by atoms with van der Waals surface area (Å²) in [5.41, 5.74) is 7.23. The normalized spacial score (nSPS) is 30.5. The summed E-state index contributed by atoms with van der Waals surface area (Å²) >= 11 is 0. The molecule has 1 fully saturated rings. The Bertz CT molecular complexity index is 413. The van der Waals surface area contributed by atoms with Gasteiger partial charge in [-0.15, -0.1) is 0 Å². The zero-order valence-electron chi connectivity index (χ0n) is 11.4. The fourth-order valence-electron chi connectivity index (χ4n) is 3.10. The molecule has 2 N–H and O–H groups in total. The molecule has 2 aliphatic rings. The van der Waals surface area contributed by atoms with E-state index in [0.717, 1.165) is 51.1 Å².